The van der Waals surface area contributed by atoms with Gasteiger partial charge in [-0.15, -0.1) is 0 Å². The van der Waals surface area contributed by atoms with Crippen LogP contribution in [0.15, 0.2) is 0 Å². The average molecular weight is 198 g/mol. The topological polar surface area (TPSA) is 50.4 Å². The third-order valence-corrected chi connectivity index (χ3v) is 2.94. The number of carbonyl (C=O) groups excluding carboxylic acids is 1. The lowest BCUT2D eigenvalue weighted by atomic mass is 9.98. The Labute approximate surface area is 84.4 Å². The van der Waals surface area contributed by atoms with Gasteiger partial charge in [0.05, 0.1) is 18.6 Å². The molecule has 2 atom stereocenters. The summed E-state index contributed by atoms with van der Waals surface area (Å²) < 4.78 is 5.21. The first-order valence-electron chi connectivity index (χ1n) is 5.45. The van der Waals surface area contributed by atoms with Crippen molar-refractivity contribution in [2.24, 2.45) is 5.92 Å². The predicted octanol–water partition coefficient (Wildman–Crippen LogP) is -0.109. The van der Waals surface area contributed by atoms with Crippen LogP contribution < -0.4 is 10.6 Å². The Kier molecular flexibility index (Phi) is 3.37. The lowest BCUT2D eigenvalue weighted by Crippen LogP contribution is -2.44. The zero-order chi connectivity index (χ0) is 9.80. The second-order valence-corrected chi connectivity index (χ2v) is 4.11. The zero-order valence-corrected chi connectivity index (χ0v) is 8.42. The lowest BCUT2D eigenvalue weighted by molar-refractivity contribution is -0.126. The number of ether oxygens (including phenoxy) is 1. The Bertz CT molecular complexity index is 196. The standard InChI is InChI=1S/C10H18N2O2/c13-10(8-2-1-4-11-6-8)12-9-3-5-14-7-9/h8-9,11H,1-7H2,(H,12,13). The van der Waals surface area contributed by atoms with E-state index in [1.807, 2.05) is 0 Å². The maximum Gasteiger partial charge on any atom is 0.224 e. The van der Waals surface area contributed by atoms with E-state index < -0.39 is 0 Å². The molecular weight excluding hydrogens is 180 g/mol. The van der Waals surface area contributed by atoms with E-state index in [1.165, 1.54) is 0 Å². The molecule has 0 radical (unpaired) electrons. The largest absolute Gasteiger partial charge is 0.379 e. The van der Waals surface area contributed by atoms with Crippen molar-refractivity contribution in [1.82, 2.24) is 10.6 Å². The first kappa shape index (κ1) is 9.93. The lowest BCUT2D eigenvalue weighted by Gasteiger charge is -2.23. The monoisotopic (exact) mass is 198 g/mol. The van der Waals surface area contributed by atoms with E-state index in [-0.39, 0.29) is 17.9 Å². The van der Waals surface area contributed by atoms with Gasteiger partial charge in [0.25, 0.3) is 0 Å². The number of nitrogens with one attached hydrogen (secondary N) is 2. The van der Waals surface area contributed by atoms with Crippen molar-refractivity contribution in [3.05, 3.63) is 0 Å². The normalized spacial score (nSPS) is 32.9. The molecule has 2 aliphatic rings. The molecule has 4 heteroatoms. The summed E-state index contributed by atoms with van der Waals surface area (Å²) in [7, 11) is 0. The van der Waals surface area contributed by atoms with Gasteiger partial charge < -0.3 is 15.4 Å². The van der Waals surface area contributed by atoms with Gasteiger partial charge in [-0.05, 0) is 25.8 Å². The van der Waals surface area contributed by atoms with Gasteiger partial charge in [0.2, 0.25) is 5.91 Å². The summed E-state index contributed by atoms with van der Waals surface area (Å²) >= 11 is 0. The molecule has 0 aromatic carbocycles. The smallest absolute Gasteiger partial charge is 0.224 e. The highest BCUT2D eigenvalue weighted by molar-refractivity contribution is 5.79. The van der Waals surface area contributed by atoms with E-state index in [2.05, 4.69) is 10.6 Å². The predicted molar refractivity (Wildman–Crippen MR) is 53.0 cm³/mol. The van der Waals surface area contributed by atoms with Crippen LogP contribution in [0.2, 0.25) is 0 Å². The van der Waals surface area contributed by atoms with Crippen molar-refractivity contribution < 1.29 is 9.53 Å². The number of piperidine rings is 1. The minimum Gasteiger partial charge on any atom is -0.379 e. The fourth-order valence-corrected chi connectivity index (χ4v) is 2.04. The summed E-state index contributed by atoms with van der Waals surface area (Å²) in [5.41, 5.74) is 0. The van der Waals surface area contributed by atoms with Crippen LogP contribution in [0.5, 0.6) is 0 Å². The molecule has 80 valence electrons. The van der Waals surface area contributed by atoms with Crippen LogP contribution in [0.4, 0.5) is 0 Å². The van der Waals surface area contributed by atoms with Gasteiger partial charge in [-0.3, -0.25) is 4.79 Å². The molecule has 0 spiro atoms. The molecule has 0 aromatic heterocycles. The number of hydrogen-bond donors (Lipinski definition) is 2. The number of hydrogen-bond acceptors (Lipinski definition) is 3. The molecule has 2 aliphatic heterocycles. The van der Waals surface area contributed by atoms with Crippen LogP contribution in [-0.2, 0) is 9.53 Å². The number of carbonyl (C=O) groups is 1. The van der Waals surface area contributed by atoms with Gasteiger partial charge in [-0.2, -0.15) is 0 Å². The van der Waals surface area contributed by atoms with Crippen molar-refractivity contribution in [3.8, 4) is 0 Å². The summed E-state index contributed by atoms with van der Waals surface area (Å²) in [6.07, 6.45) is 3.09. The SMILES string of the molecule is O=C(NC1CCOC1)C1CCCNC1. The first-order valence-corrected chi connectivity index (χ1v) is 5.45. The minimum atomic E-state index is 0.171. The minimum absolute atomic E-state index is 0.171. The highest BCUT2D eigenvalue weighted by atomic mass is 16.5. The maximum atomic E-state index is 11.7. The molecule has 4 nitrogen and oxygen atoms in total. The second-order valence-electron chi connectivity index (χ2n) is 4.11. The maximum absolute atomic E-state index is 11.7. The van der Waals surface area contributed by atoms with Crippen molar-refractivity contribution in [2.45, 2.75) is 25.3 Å². The summed E-state index contributed by atoms with van der Waals surface area (Å²) in [5.74, 6) is 0.372. The van der Waals surface area contributed by atoms with E-state index in [0.29, 0.717) is 6.61 Å². The molecule has 0 aliphatic carbocycles. The van der Waals surface area contributed by atoms with E-state index in [0.717, 1.165) is 39.0 Å². The van der Waals surface area contributed by atoms with Crippen LogP contribution in [0.1, 0.15) is 19.3 Å². The molecule has 1 amide bonds. The molecule has 0 saturated carbocycles. The number of amides is 1. The van der Waals surface area contributed by atoms with Gasteiger partial charge >= 0.3 is 0 Å². The molecule has 2 unspecified atom stereocenters. The van der Waals surface area contributed by atoms with Gasteiger partial charge in [0.1, 0.15) is 0 Å². The van der Waals surface area contributed by atoms with Gasteiger partial charge in [-0.25, -0.2) is 0 Å². The van der Waals surface area contributed by atoms with Gasteiger partial charge in [0.15, 0.2) is 0 Å². The van der Waals surface area contributed by atoms with E-state index in [4.69, 9.17) is 4.74 Å². The van der Waals surface area contributed by atoms with E-state index >= 15 is 0 Å². The van der Waals surface area contributed by atoms with Crippen molar-refractivity contribution in [3.63, 3.8) is 0 Å². The third-order valence-electron chi connectivity index (χ3n) is 2.94. The van der Waals surface area contributed by atoms with Gasteiger partial charge in [-0.1, -0.05) is 0 Å². The molecule has 2 fully saturated rings. The van der Waals surface area contributed by atoms with Crippen LogP contribution >= 0.6 is 0 Å². The molecule has 0 aromatic rings. The van der Waals surface area contributed by atoms with Crippen LogP contribution in [0, 0.1) is 5.92 Å². The molecule has 0 bridgehead atoms. The van der Waals surface area contributed by atoms with Gasteiger partial charge in [0, 0.05) is 13.2 Å². The summed E-state index contributed by atoms with van der Waals surface area (Å²) in [5, 5.41) is 6.29. The van der Waals surface area contributed by atoms with Crippen LogP contribution in [0.25, 0.3) is 0 Å². The van der Waals surface area contributed by atoms with Crippen molar-refractivity contribution >= 4 is 5.91 Å². The van der Waals surface area contributed by atoms with Crippen molar-refractivity contribution in [2.75, 3.05) is 26.3 Å². The molecule has 14 heavy (non-hydrogen) atoms. The first-order chi connectivity index (χ1) is 6.86. The van der Waals surface area contributed by atoms with E-state index in [9.17, 15) is 4.79 Å². The third kappa shape index (κ3) is 2.45. The number of rotatable bonds is 2. The Hall–Kier alpha value is -0.610. The average Bonchev–Trinajstić information content (AvgIpc) is 2.72. The fourth-order valence-electron chi connectivity index (χ4n) is 2.04. The second kappa shape index (κ2) is 4.75. The Balaban J connectivity index is 1.75. The molecule has 2 rings (SSSR count). The van der Waals surface area contributed by atoms with Crippen LogP contribution in [-0.4, -0.2) is 38.3 Å². The summed E-state index contributed by atoms with van der Waals surface area (Å²) in [4.78, 5) is 11.7. The van der Waals surface area contributed by atoms with Crippen LogP contribution in [0.3, 0.4) is 0 Å². The zero-order valence-electron chi connectivity index (χ0n) is 8.42. The van der Waals surface area contributed by atoms with Crippen molar-refractivity contribution in [1.29, 1.82) is 0 Å². The Morgan fingerprint density at radius 1 is 1.43 bits per heavy atom. The molecule has 2 N–H and O–H groups in total. The quantitative estimate of drug-likeness (QED) is 0.651. The Morgan fingerprint density at radius 3 is 3.00 bits per heavy atom. The molecular formula is C10H18N2O2. The Morgan fingerprint density at radius 2 is 2.36 bits per heavy atom. The highest BCUT2D eigenvalue weighted by Crippen LogP contribution is 2.11. The fraction of sp³-hybridized carbons (Fsp3) is 0.900. The molecule has 2 heterocycles. The molecule has 2 saturated heterocycles. The highest BCUT2D eigenvalue weighted by Gasteiger charge is 2.24. The summed E-state index contributed by atoms with van der Waals surface area (Å²) in [6.45, 7) is 3.36. The summed E-state index contributed by atoms with van der Waals surface area (Å²) in [6, 6.07) is 0.254. The van der Waals surface area contributed by atoms with E-state index in [1.54, 1.807) is 0 Å².